The van der Waals surface area contributed by atoms with E-state index in [0.717, 1.165) is 5.69 Å². The summed E-state index contributed by atoms with van der Waals surface area (Å²) in [5, 5.41) is 44.0. The molecule has 170 valence electrons. The van der Waals surface area contributed by atoms with Gasteiger partial charge in [0.25, 0.3) is 11.6 Å². The van der Waals surface area contributed by atoms with Crippen LogP contribution in [0.5, 0.6) is 11.5 Å². The molecular formula is C22H18N8O4. The van der Waals surface area contributed by atoms with Crippen LogP contribution >= 0.6 is 0 Å². The van der Waals surface area contributed by atoms with Gasteiger partial charge >= 0.3 is 0 Å². The van der Waals surface area contributed by atoms with Crippen molar-refractivity contribution in [3.63, 3.8) is 0 Å². The Hall–Kier alpha value is -5.13. The number of azo groups is 1. The number of hydrogen-bond donors (Lipinski definition) is 4. The quantitative estimate of drug-likeness (QED) is 0.123. The number of rotatable bonds is 8. The molecule has 0 amide bonds. The van der Waals surface area contributed by atoms with Gasteiger partial charge in [0.1, 0.15) is 0 Å². The molecular weight excluding hydrogens is 440 g/mol. The lowest BCUT2D eigenvalue weighted by Crippen LogP contribution is -2.03. The average Bonchev–Trinajstić information content (AvgIpc) is 2.82. The van der Waals surface area contributed by atoms with E-state index in [1.807, 2.05) is 30.3 Å². The first-order valence-corrected chi connectivity index (χ1v) is 9.94. The molecule has 12 heteroatoms. The van der Waals surface area contributed by atoms with Crippen molar-refractivity contribution in [3.8, 4) is 11.5 Å². The summed E-state index contributed by atoms with van der Waals surface area (Å²) in [6.45, 7) is 0.117. The zero-order valence-corrected chi connectivity index (χ0v) is 17.5. The van der Waals surface area contributed by atoms with E-state index in [2.05, 4.69) is 35.8 Å². The van der Waals surface area contributed by atoms with Crippen LogP contribution in [0.4, 0.5) is 34.9 Å². The van der Waals surface area contributed by atoms with Gasteiger partial charge in [-0.3, -0.25) is 10.1 Å². The summed E-state index contributed by atoms with van der Waals surface area (Å²) in [5.74, 6) is -0.102. The van der Waals surface area contributed by atoms with Crippen molar-refractivity contribution >= 4 is 34.9 Å². The van der Waals surface area contributed by atoms with Gasteiger partial charge in [-0.25, -0.2) is 0 Å². The number of nitro benzene ring substituents is 1. The zero-order chi connectivity index (χ0) is 23.9. The first kappa shape index (κ1) is 22.1. The molecule has 0 unspecified atom stereocenters. The molecule has 0 aliphatic heterocycles. The Morgan fingerprint density at radius 2 is 1.47 bits per heavy atom. The highest BCUT2D eigenvalue weighted by Gasteiger charge is 2.09. The maximum Gasteiger partial charge on any atom is 0.275 e. The van der Waals surface area contributed by atoms with E-state index < -0.39 is 4.92 Å². The minimum atomic E-state index is -0.485. The molecule has 1 aromatic heterocycles. The molecule has 12 nitrogen and oxygen atoms in total. The summed E-state index contributed by atoms with van der Waals surface area (Å²) in [7, 11) is 0. The van der Waals surface area contributed by atoms with Crippen molar-refractivity contribution in [3.05, 3.63) is 88.5 Å². The summed E-state index contributed by atoms with van der Waals surface area (Å²) < 4.78 is 0. The number of non-ortho nitro benzene ring substituents is 1. The predicted molar refractivity (Wildman–Crippen MR) is 124 cm³/mol. The number of phenols is 2. The summed E-state index contributed by atoms with van der Waals surface area (Å²) in [4.78, 5) is 23.2. The summed E-state index contributed by atoms with van der Waals surface area (Å²) in [6.07, 6.45) is 0. The van der Waals surface area contributed by atoms with Crippen molar-refractivity contribution < 1.29 is 15.1 Å². The monoisotopic (exact) mass is 458 g/mol. The lowest BCUT2D eigenvalue weighted by Gasteiger charge is -2.08. The first-order chi connectivity index (χ1) is 16.5. The van der Waals surface area contributed by atoms with Crippen LogP contribution in [0.3, 0.4) is 0 Å². The second-order valence-electron chi connectivity index (χ2n) is 6.93. The molecule has 0 atom stereocenters. The molecule has 0 radical (unpaired) electrons. The van der Waals surface area contributed by atoms with Crippen LogP contribution in [0.1, 0.15) is 5.56 Å². The van der Waals surface area contributed by atoms with Gasteiger partial charge in [0, 0.05) is 23.5 Å². The van der Waals surface area contributed by atoms with E-state index in [-0.39, 0.29) is 41.6 Å². The van der Waals surface area contributed by atoms with Crippen molar-refractivity contribution in [2.45, 2.75) is 6.54 Å². The fourth-order valence-corrected chi connectivity index (χ4v) is 2.82. The molecule has 4 rings (SSSR count). The lowest BCUT2D eigenvalue weighted by atomic mass is 10.2. The van der Waals surface area contributed by atoms with Gasteiger partial charge in [0.2, 0.25) is 11.9 Å². The topological polar surface area (TPSA) is 171 Å². The molecule has 34 heavy (non-hydrogen) atoms. The van der Waals surface area contributed by atoms with Crippen LogP contribution in [-0.4, -0.2) is 30.1 Å². The Kier molecular flexibility index (Phi) is 6.49. The molecule has 0 bridgehead atoms. The molecule has 0 aliphatic carbocycles. The van der Waals surface area contributed by atoms with Gasteiger partial charge in [0.05, 0.1) is 11.5 Å². The summed E-state index contributed by atoms with van der Waals surface area (Å²) in [6, 6.07) is 19.4. The van der Waals surface area contributed by atoms with Crippen LogP contribution < -0.4 is 10.6 Å². The highest BCUT2D eigenvalue weighted by molar-refractivity contribution is 5.59. The smallest absolute Gasteiger partial charge is 0.275 e. The van der Waals surface area contributed by atoms with Gasteiger partial charge < -0.3 is 20.8 Å². The van der Waals surface area contributed by atoms with Crippen LogP contribution in [0, 0.1) is 10.1 Å². The number of benzene rings is 3. The predicted octanol–water partition coefficient (Wildman–Crippen LogP) is 4.96. The normalized spacial score (nSPS) is 10.8. The number of nitrogens with zero attached hydrogens (tertiary/aromatic N) is 6. The summed E-state index contributed by atoms with van der Waals surface area (Å²) >= 11 is 0. The minimum absolute atomic E-state index is 0.0147. The molecule has 0 fully saturated rings. The fourth-order valence-electron chi connectivity index (χ4n) is 2.82. The fraction of sp³-hybridized carbons (Fsp3) is 0.0455. The van der Waals surface area contributed by atoms with Crippen LogP contribution in [0.15, 0.2) is 83.0 Å². The number of aromatic nitrogens is 3. The van der Waals surface area contributed by atoms with Gasteiger partial charge in [-0.05, 0) is 42.0 Å². The number of para-hydroxylation sites is 1. The second kappa shape index (κ2) is 9.99. The maximum absolute atomic E-state index is 10.9. The molecule has 0 aliphatic rings. The molecule has 0 saturated carbocycles. The van der Waals surface area contributed by atoms with Crippen LogP contribution in [-0.2, 0) is 6.54 Å². The SMILES string of the molecule is O=[N+]([O-])c1ccc(Nc2nc(N=NCc3ccc(O)c(O)c3)nc(Nc3ccccc3)n2)cc1. The number of aromatic hydroxyl groups is 2. The molecule has 1 heterocycles. The highest BCUT2D eigenvalue weighted by atomic mass is 16.6. The Balaban J connectivity index is 1.58. The van der Waals surface area contributed by atoms with E-state index in [4.69, 9.17) is 0 Å². The maximum atomic E-state index is 10.9. The largest absolute Gasteiger partial charge is 0.504 e. The number of anilines is 4. The molecule has 0 spiro atoms. The van der Waals surface area contributed by atoms with Crippen molar-refractivity contribution in [1.82, 2.24) is 15.0 Å². The minimum Gasteiger partial charge on any atom is -0.504 e. The zero-order valence-electron chi connectivity index (χ0n) is 17.5. The van der Waals surface area contributed by atoms with E-state index in [0.29, 0.717) is 11.3 Å². The number of nitrogens with one attached hydrogen (secondary N) is 2. The van der Waals surface area contributed by atoms with E-state index in [1.54, 1.807) is 6.07 Å². The first-order valence-electron chi connectivity index (χ1n) is 9.94. The van der Waals surface area contributed by atoms with Crippen molar-refractivity contribution in [1.29, 1.82) is 0 Å². The Morgan fingerprint density at radius 3 is 2.09 bits per heavy atom. The third-order valence-corrected chi connectivity index (χ3v) is 4.44. The second-order valence-corrected chi connectivity index (χ2v) is 6.93. The summed E-state index contributed by atoms with van der Waals surface area (Å²) in [5.41, 5.74) is 1.87. The van der Waals surface area contributed by atoms with E-state index >= 15 is 0 Å². The Labute approximate surface area is 192 Å². The van der Waals surface area contributed by atoms with Gasteiger partial charge in [-0.2, -0.15) is 20.1 Å². The van der Waals surface area contributed by atoms with Gasteiger partial charge in [-0.1, -0.05) is 24.3 Å². The number of hydrogen-bond acceptors (Lipinski definition) is 11. The van der Waals surface area contributed by atoms with E-state index in [9.17, 15) is 20.3 Å². The third kappa shape index (κ3) is 5.76. The van der Waals surface area contributed by atoms with Crippen LogP contribution in [0.25, 0.3) is 0 Å². The highest BCUT2D eigenvalue weighted by Crippen LogP contribution is 2.26. The average molecular weight is 458 g/mol. The molecule has 4 N–H and O–H groups in total. The molecule has 4 aromatic rings. The van der Waals surface area contributed by atoms with E-state index in [1.165, 1.54) is 36.4 Å². The third-order valence-electron chi connectivity index (χ3n) is 4.44. The number of phenolic OH excluding ortho intramolecular Hbond substituents is 2. The Bertz CT molecular complexity index is 1330. The standard InChI is InChI=1S/C22H18N8O4/c31-18-11-6-14(12-19(18)32)13-23-29-22-27-20(24-15-4-2-1-3-5-15)26-21(28-22)25-16-7-9-17(10-8-16)30(33)34/h1-12,31-32H,13H2,(H2,24,25,26,27,28). The van der Waals surface area contributed by atoms with Crippen molar-refractivity contribution in [2.75, 3.05) is 10.6 Å². The van der Waals surface area contributed by atoms with Gasteiger partial charge in [-0.15, -0.1) is 5.11 Å². The van der Waals surface area contributed by atoms with Gasteiger partial charge in [0.15, 0.2) is 11.5 Å². The van der Waals surface area contributed by atoms with Crippen molar-refractivity contribution in [2.24, 2.45) is 10.2 Å². The Morgan fingerprint density at radius 1 is 0.824 bits per heavy atom. The molecule has 3 aromatic carbocycles. The lowest BCUT2D eigenvalue weighted by molar-refractivity contribution is -0.384. The molecule has 0 saturated heterocycles. The number of nitro groups is 1. The van der Waals surface area contributed by atoms with Crippen LogP contribution in [0.2, 0.25) is 0 Å².